The molecule has 110 valence electrons. The van der Waals surface area contributed by atoms with E-state index >= 15 is 0 Å². The molecule has 0 aliphatic carbocycles. The van der Waals surface area contributed by atoms with Gasteiger partial charge in [-0.05, 0) is 37.5 Å². The van der Waals surface area contributed by atoms with Gasteiger partial charge in [0.2, 0.25) is 5.91 Å². The Labute approximate surface area is 119 Å². The van der Waals surface area contributed by atoms with Gasteiger partial charge in [-0.15, -0.1) is 0 Å². The Hall–Kier alpha value is -1.88. The molecule has 5 heteroatoms. The number of benzene rings is 1. The Bertz CT molecular complexity index is 492. The normalized spacial score (nSPS) is 13.1. The number of carboxylic acids is 1. The molecule has 1 aromatic rings. The number of aliphatic carboxylic acids is 1. The zero-order chi connectivity index (χ0) is 15.5. The predicted molar refractivity (Wildman–Crippen MR) is 78.5 cm³/mol. The number of carbonyl (C=O) groups excluding carboxylic acids is 1. The van der Waals surface area contributed by atoms with Gasteiger partial charge >= 0.3 is 5.97 Å². The average molecular weight is 278 g/mol. The van der Waals surface area contributed by atoms with Gasteiger partial charge in [-0.2, -0.15) is 0 Å². The van der Waals surface area contributed by atoms with Crippen molar-refractivity contribution in [2.24, 2.45) is 11.7 Å². The molecule has 0 bridgehead atoms. The maximum absolute atomic E-state index is 11.8. The topological polar surface area (TPSA) is 92.4 Å². The molecule has 0 radical (unpaired) electrons. The second-order valence-electron chi connectivity index (χ2n) is 5.77. The second kappa shape index (κ2) is 6.05. The molecule has 0 saturated carbocycles. The second-order valence-corrected chi connectivity index (χ2v) is 5.77. The molecule has 0 spiro atoms. The Balaban J connectivity index is 2.83. The predicted octanol–water partition coefficient (Wildman–Crippen LogP) is 1.97. The molecule has 0 fully saturated rings. The van der Waals surface area contributed by atoms with Gasteiger partial charge in [0.25, 0.3) is 0 Å². The summed E-state index contributed by atoms with van der Waals surface area (Å²) in [5, 5.41) is 11.9. The van der Waals surface area contributed by atoms with Crippen LogP contribution in [0.5, 0.6) is 0 Å². The van der Waals surface area contributed by atoms with Crippen LogP contribution >= 0.6 is 0 Å². The van der Waals surface area contributed by atoms with E-state index in [1.165, 1.54) is 0 Å². The minimum atomic E-state index is -0.961. The third kappa shape index (κ3) is 3.57. The molecule has 0 saturated heterocycles. The number of hydrogen-bond acceptors (Lipinski definition) is 3. The monoisotopic (exact) mass is 278 g/mol. The van der Waals surface area contributed by atoms with E-state index in [-0.39, 0.29) is 11.8 Å². The van der Waals surface area contributed by atoms with Crippen molar-refractivity contribution in [3.8, 4) is 0 Å². The lowest BCUT2D eigenvalue weighted by Crippen LogP contribution is -2.39. The van der Waals surface area contributed by atoms with Gasteiger partial charge in [0.15, 0.2) is 0 Å². The highest BCUT2D eigenvalue weighted by Gasteiger charge is 2.29. The third-order valence-corrected chi connectivity index (χ3v) is 3.43. The summed E-state index contributed by atoms with van der Waals surface area (Å²) in [7, 11) is 0. The van der Waals surface area contributed by atoms with Crippen LogP contribution in [0.25, 0.3) is 0 Å². The minimum Gasteiger partial charge on any atom is -0.481 e. The van der Waals surface area contributed by atoms with E-state index in [9.17, 15) is 9.59 Å². The molecule has 1 aromatic carbocycles. The van der Waals surface area contributed by atoms with Crippen LogP contribution in [0.2, 0.25) is 0 Å². The van der Waals surface area contributed by atoms with E-state index in [0.29, 0.717) is 11.3 Å². The lowest BCUT2D eigenvalue weighted by atomic mass is 9.85. The van der Waals surface area contributed by atoms with Gasteiger partial charge in [-0.1, -0.05) is 26.0 Å². The molecule has 20 heavy (non-hydrogen) atoms. The van der Waals surface area contributed by atoms with E-state index in [4.69, 9.17) is 10.8 Å². The van der Waals surface area contributed by atoms with Crippen LogP contribution in [-0.4, -0.2) is 23.0 Å². The maximum Gasteiger partial charge on any atom is 0.313 e. The zero-order valence-corrected chi connectivity index (χ0v) is 12.3. The Morgan fingerprint density at radius 1 is 1.20 bits per heavy atom. The number of carboxylic acid groups (broad SMARTS) is 1. The first-order valence-corrected chi connectivity index (χ1v) is 6.56. The molecule has 0 aromatic heterocycles. The number of carbonyl (C=O) groups is 2. The Kier molecular flexibility index (Phi) is 4.89. The van der Waals surface area contributed by atoms with Crippen molar-refractivity contribution in [1.29, 1.82) is 0 Å². The number of anilines is 1. The zero-order valence-electron chi connectivity index (χ0n) is 12.3. The molecule has 1 amide bonds. The summed E-state index contributed by atoms with van der Waals surface area (Å²) in [6.07, 6.45) is 0. The van der Waals surface area contributed by atoms with Gasteiger partial charge in [-0.25, -0.2) is 0 Å². The minimum absolute atomic E-state index is 0.0558. The van der Waals surface area contributed by atoms with Gasteiger partial charge in [0.05, 0.1) is 11.5 Å². The van der Waals surface area contributed by atoms with Crippen LogP contribution < -0.4 is 11.1 Å². The fourth-order valence-electron chi connectivity index (χ4n) is 1.62. The highest BCUT2D eigenvalue weighted by Crippen LogP contribution is 2.24. The molecule has 1 atom stereocenters. The summed E-state index contributed by atoms with van der Waals surface area (Å²) >= 11 is 0. The summed E-state index contributed by atoms with van der Waals surface area (Å²) in [5.74, 6) is -1.08. The van der Waals surface area contributed by atoms with Gasteiger partial charge in [-0.3, -0.25) is 9.59 Å². The number of amides is 1. The summed E-state index contributed by atoms with van der Waals surface area (Å²) in [5.41, 5.74) is 6.08. The van der Waals surface area contributed by atoms with Crippen molar-refractivity contribution in [1.82, 2.24) is 0 Å². The molecule has 0 aliphatic rings. The highest BCUT2D eigenvalue weighted by atomic mass is 16.4. The quantitative estimate of drug-likeness (QED) is 0.767. The number of rotatable bonds is 5. The Morgan fingerprint density at radius 3 is 2.10 bits per heavy atom. The summed E-state index contributed by atoms with van der Waals surface area (Å²) < 4.78 is 0. The van der Waals surface area contributed by atoms with Crippen molar-refractivity contribution in [2.75, 3.05) is 5.32 Å². The molecule has 0 heterocycles. The molecule has 0 aliphatic heterocycles. The smallest absolute Gasteiger partial charge is 0.313 e. The standard InChI is InChI=1S/C15H22N2O3/c1-9(2)12(16)13(18)17-11-7-5-10(6-8-11)15(3,4)14(19)20/h5-9,12H,16H2,1-4H3,(H,17,18)(H,19,20)/t12-/m1/s1. The van der Waals surface area contributed by atoms with Crippen molar-refractivity contribution in [2.45, 2.75) is 39.2 Å². The number of nitrogens with one attached hydrogen (secondary N) is 1. The maximum atomic E-state index is 11.8. The van der Waals surface area contributed by atoms with E-state index in [1.807, 2.05) is 13.8 Å². The van der Waals surface area contributed by atoms with Gasteiger partial charge in [0, 0.05) is 5.69 Å². The Morgan fingerprint density at radius 2 is 1.70 bits per heavy atom. The van der Waals surface area contributed by atoms with Crippen LogP contribution in [0, 0.1) is 5.92 Å². The molecule has 1 rings (SSSR count). The van der Waals surface area contributed by atoms with E-state index < -0.39 is 17.4 Å². The van der Waals surface area contributed by atoms with E-state index in [2.05, 4.69) is 5.32 Å². The highest BCUT2D eigenvalue weighted by molar-refractivity contribution is 5.94. The first-order chi connectivity index (χ1) is 9.16. The molecule has 0 unspecified atom stereocenters. The fraction of sp³-hybridized carbons (Fsp3) is 0.467. The lowest BCUT2D eigenvalue weighted by Gasteiger charge is -2.20. The van der Waals surface area contributed by atoms with E-state index in [1.54, 1.807) is 38.1 Å². The molecular formula is C15H22N2O3. The SMILES string of the molecule is CC(C)[C@@H](N)C(=O)Nc1ccc(C(C)(C)C(=O)O)cc1. The largest absolute Gasteiger partial charge is 0.481 e. The van der Waals surface area contributed by atoms with Crippen LogP contribution in [-0.2, 0) is 15.0 Å². The number of nitrogens with two attached hydrogens (primary N) is 1. The fourth-order valence-corrected chi connectivity index (χ4v) is 1.62. The summed E-state index contributed by atoms with van der Waals surface area (Å²) in [6, 6.07) is 6.20. The number of hydrogen-bond donors (Lipinski definition) is 3. The van der Waals surface area contributed by atoms with Crippen LogP contribution in [0.15, 0.2) is 24.3 Å². The van der Waals surface area contributed by atoms with E-state index in [0.717, 1.165) is 0 Å². The lowest BCUT2D eigenvalue weighted by molar-refractivity contribution is -0.142. The van der Waals surface area contributed by atoms with Crippen molar-refractivity contribution in [3.05, 3.63) is 29.8 Å². The first-order valence-electron chi connectivity index (χ1n) is 6.56. The average Bonchev–Trinajstić information content (AvgIpc) is 2.38. The molecule has 4 N–H and O–H groups in total. The van der Waals surface area contributed by atoms with Gasteiger partial charge in [0.1, 0.15) is 0 Å². The van der Waals surface area contributed by atoms with Gasteiger partial charge < -0.3 is 16.2 Å². The summed E-state index contributed by atoms with van der Waals surface area (Å²) in [4.78, 5) is 23.0. The van der Waals surface area contributed by atoms with Crippen LogP contribution in [0.1, 0.15) is 33.3 Å². The molecular weight excluding hydrogens is 256 g/mol. The summed E-state index contributed by atoms with van der Waals surface area (Å²) in [6.45, 7) is 7.03. The van der Waals surface area contributed by atoms with Crippen LogP contribution in [0.4, 0.5) is 5.69 Å². The first kappa shape index (κ1) is 16.2. The van der Waals surface area contributed by atoms with Crippen molar-refractivity contribution >= 4 is 17.6 Å². The van der Waals surface area contributed by atoms with Crippen molar-refractivity contribution < 1.29 is 14.7 Å². The van der Waals surface area contributed by atoms with Crippen LogP contribution in [0.3, 0.4) is 0 Å². The third-order valence-electron chi connectivity index (χ3n) is 3.43. The van der Waals surface area contributed by atoms with Crippen molar-refractivity contribution in [3.63, 3.8) is 0 Å². The molecule has 5 nitrogen and oxygen atoms in total.